The largest absolute Gasteiger partial charge is 0.465 e. The summed E-state index contributed by atoms with van der Waals surface area (Å²) in [5.74, 6) is 0. The van der Waals surface area contributed by atoms with Gasteiger partial charge >= 0.3 is 6.09 Å². The Morgan fingerprint density at radius 1 is 1.18 bits per heavy atom. The smallest absolute Gasteiger partial charge is 0.407 e. The van der Waals surface area contributed by atoms with E-state index in [9.17, 15) is 13.2 Å². The van der Waals surface area contributed by atoms with E-state index >= 15 is 0 Å². The van der Waals surface area contributed by atoms with E-state index in [-0.39, 0.29) is 6.04 Å². The zero-order chi connectivity index (χ0) is 12.6. The molecule has 0 spiro atoms. The molecule has 0 radical (unpaired) electrons. The molecule has 1 unspecified atom stereocenters. The van der Waals surface area contributed by atoms with Crippen LogP contribution in [-0.4, -0.2) is 85.3 Å². The van der Waals surface area contributed by atoms with Crippen LogP contribution in [0.4, 0.5) is 4.79 Å². The van der Waals surface area contributed by atoms with Crippen molar-refractivity contribution in [3.63, 3.8) is 0 Å². The van der Waals surface area contributed by atoms with Crippen molar-refractivity contribution in [2.75, 3.05) is 45.5 Å². The van der Waals surface area contributed by atoms with Crippen LogP contribution < -0.4 is 0 Å². The second-order valence-electron chi connectivity index (χ2n) is 4.54. The number of piperazine rings is 2. The summed E-state index contributed by atoms with van der Waals surface area (Å²) in [7, 11) is -3.17. The van der Waals surface area contributed by atoms with Crippen molar-refractivity contribution in [3.8, 4) is 0 Å². The normalized spacial score (nSPS) is 27.8. The van der Waals surface area contributed by atoms with E-state index in [1.807, 2.05) is 0 Å². The van der Waals surface area contributed by atoms with Gasteiger partial charge in [-0.05, 0) is 0 Å². The minimum atomic E-state index is -3.17. The Labute approximate surface area is 101 Å². The Bertz CT molecular complexity index is 410. The van der Waals surface area contributed by atoms with Gasteiger partial charge in [0, 0.05) is 45.3 Å². The molecule has 2 aliphatic heterocycles. The van der Waals surface area contributed by atoms with Crippen molar-refractivity contribution in [2.45, 2.75) is 6.04 Å². The van der Waals surface area contributed by atoms with Gasteiger partial charge in [-0.3, -0.25) is 4.90 Å². The summed E-state index contributed by atoms with van der Waals surface area (Å²) in [6.07, 6.45) is 0.265. The molecule has 0 bridgehead atoms. The quantitative estimate of drug-likeness (QED) is 0.651. The van der Waals surface area contributed by atoms with Crippen LogP contribution in [0.25, 0.3) is 0 Å². The maximum atomic E-state index is 11.5. The zero-order valence-corrected chi connectivity index (χ0v) is 10.6. The molecule has 2 aliphatic rings. The lowest BCUT2D eigenvalue weighted by molar-refractivity contribution is 0.0375. The highest BCUT2D eigenvalue weighted by atomic mass is 32.2. The van der Waals surface area contributed by atoms with Crippen molar-refractivity contribution < 1.29 is 18.3 Å². The molecule has 1 amide bonds. The van der Waals surface area contributed by atoms with Crippen LogP contribution in [0.3, 0.4) is 0 Å². The van der Waals surface area contributed by atoms with Gasteiger partial charge in [0.1, 0.15) is 0 Å². The highest BCUT2D eigenvalue weighted by Gasteiger charge is 2.36. The van der Waals surface area contributed by atoms with Gasteiger partial charge < -0.3 is 10.0 Å². The van der Waals surface area contributed by atoms with Crippen LogP contribution in [0.5, 0.6) is 0 Å². The van der Waals surface area contributed by atoms with Crippen LogP contribution >= 0.6 is 0 Å². The van der Waals surface area contributed by atoms with Gasteiger partial charge in [0.05, 0.1) is 6.26 Å². The highest BCUT2D eigenvalue weighted by molar-refractivity contribution is 7.88. The molecule has 8 heteroatoms. The number of fused-ring (bicyclic) bond motifs is 1. The second-order valence-corrected chi connectivity index (χ2v) is 6.52. The first-order chi connectivity index (χ1) is 7.88. The maximum absolute atomic E-state index is 11.5. The van der Waals surface area contributed by atoms with Crippen LogP contribution in [0.15, 0.2) is 0 Å². The molecule has 2 rings (SSSR count). The lowest BCUT2D eigenvalue weighted by Crippen LogP contribution is -2.63. The molecule has 2 saturated heterocycles. The van der Waals surface area contributed by atoms with E-state index in [0.29, 0.717) is 39.3 Å². The molecule has 17 heavy (non-hydrogen) atoms. The van der Waals surface area contributed by atoms with Crippen LogP contribution in [0.1, 0.15) is 0 Å². The number of carbonyl (C=O) groups is 1. The molecule has 2 heterocycles. The zero-order valence-electron chi connectivity index (χ0n) is 9.74. The maximum Gasteiger partial charge on any atom is 0.407 e. The van der Waals surface area contributed by atoms with Crippen molar-refractivity contribution in [1.82, 2.24) is 14.1 Å². The van der Waals surface area contributed by atoms with E-state index < -0.39 is 16.1 Å². The van der Waals surface area contributed by atoms with Crippen molar-refractivity contribution in [1.29, 1.82) is 0 Å². The summed E-state index contributed by atoms with van der Waals surface area (Å²) in [6, 6.07) is -0.0108. The Morgan fingerprint density at radius 2 is 1.82 bits per heavy atom. The van der Waals surface area contributed by atoms with E-state index in [2.05, 4.69) is 4.90 Å². The molecule has 1 atom stereocenters. The summed E-state index contributed by atoms with van der Waals surface area (Å²) in [5, 5.41) is 8.93. The van der Waals surface area contributed by atoms with Crippen molar-refractivity contribution >= 4 is 16.1 Å². The van der Waals surface area contributed by atoms with Crippen molar-refractivity contribution in [3.05, 3.63) is 0 Å². The van der Waals surface area contributed by atoms with Crippen LogP contribution in [0.2, 0.25) is 0 Å². The molecule has 0 aromatic heterocycles. The van der Waals surface area contributed by atoms with E-state index in [1.165, 1.54) is 15.5 Å². The molecule has 7 nitrogen and oxygen atoms in total. The van der Waals surface area contributed by atoms with Gasteiger partial charge in [-0.25, -0.2) is 13.2 Å². The number of rotatable bonds is 1. The average molecular weight is 263 g/mol. The highest BCUT2D eigenvalue weighted by Crippen LogP contribution is 2.17. The van der Waals surface area contributed by atoms with Gasteiger partial charge in [-0.1, -0.05) is 0 Å². The first-order valence-electron chi connectivity index (χ1n) is 5.55. The standard InChI is InChI=1S/C9H17N3O4S/c1-17(15,16)12-5-4-10-2-3-11(9(13)14)6-8(10)7-12/h8H,2-7H2,1H3,(H,13,14). The number of sulfonamides is 1. The predicted molar refractivity (Wildman–Crippen MR) is 61.4 cm³/mol. The minimum absolute atomic E-state index is 0.0108. The lowest BCUT2D eigenvalue weighted by atomic mass is 10.1. The van der Waals surface area contributed by atoms with Crippen molar-refractivity contribution in [2.24, 2.45) is 0 Å². The van der Waals surface area contributed by atoms with Gasteiger partial charge in [-0.2, -0.15) is 4.31 Å². The molecule has 0 saturated carbocycles. The number of hydrogen-bond donors (Lipinski definition) is 1. The number of nitrogens with zero attached hydrogens (tertiary/aromatic N) is 3. The molecule has 2 fully saturated rings. The molecular weight excluding hydrogens is 246 g/mol. The summed E-state index contributed by atoms with van der Waals surface area (Å²) in [5.41, 5.74) is 0. The van der Waals surface area contributed by atoms with Crippen LogP contribution in [0, 0.1) is 0 Å². The third-order valence-corrected chi connectivity index (χ3v) is 4.66. The number of hydrogen-bond acceptors (Lipinski definition) is 4. The summed E-state index contributed by atoms with van der Waals surface area (Å²) in [6.45, 7) is 3.16. The molecular formula is C9H17N3O4S. The van der Waals surface area contributed by atoms with E-state index in [0.717, 1.165) is 0 Å². The molecule has 0 aromatic rings. The second kappa shape index (κ2) is 4.43. The Kier molecular flexibility index (Phi) is 3.28. The molecule has 0 aromatic carbocycles. The van der Waals surface area contributed by atoms with E-state index in [4.69, 9.17) is 5.11 Å². The summed E-state index contributed by atoms with van der Waals surface area (Å²) < 4.78 is 24.3. The van der Waals surface area contributed by atoms with Gasteiger partial charge in [0.2, 0.25) is 10.0 Å². The van der Waals surface area contributed by atoms with Gasteiger partial charge in [0.15, 0.2) is 0 Å². The summed E-state index contributed by atoms with van der Waals surface area (Å²) in [4.78, 5) is 14.4. The summed E-state index contributed by atoms with van der Waals surface area (Å²) >= 11 is 0. The predicted octanol–water partition coefficient (Wildman–Crippen LogP) is -1.07. The number of carboxylic acid groups (broad SMARTS) is 1. The number of amides is 1. The first-order valence-corrected chi connectivity index (χ1v) is 7.40. The first kappa shape index (κ1) is 12.6. The van der Waals surface area contributed by atoms with Crippen LogP contribution in [-0.2, 0) is 10.0 Å². The minimum Gasteiger partial charge on any atom is -0.465 e. The molecule has 1 N–H and O–H groups in total. The fourth-order valence-corrected chi connectivity index (χ4v) is 3.26. The third-order valence-electron chi connectivity index (χ3n) is 3.40. The molecule has 98 valence electrons. The van der Waals surface area contributed by atoms with Gasteiger partial charge in [-0.15, -0.1) is 0 Å². The Hall–Kier alpha value is -0.860. The molecule has 0 aliphatic carbocycles. The fraction of sp³-hybridized carbons (Fsp3) is 0.889. The van der Waals surface area contributed by atoms with E-state index in [1.54, 1.807) is 0 Å². The fourth-order valence-electron chi connectivity index (χ4n) is 2.40. The average Bonchev–Trinajstić information content (AvgIpc) is 2.26. The lowest BCUT2D eigenvalue weighted by Gasteiger charge is -2.45. The monoisotopic (exact) mass is 263 g/mol. The SMILES string of the molecule is CS(=O)(=O)N1CCN2CCN(C(=O)O)CC2C1. The third kappa shape index (κ3) is 2.70. The topological polar surface area (TPSA) is 81.2 Å². The van der Waals surface area contributed by atoms with Gasteiger partial charge in [0.25, 0.3) is 0 Å². The Balaban J connectivity index is 2.04. The Morgan fingerprint density at radius 3 is 2.41 bits per heavy atom.